The number of para-hydroxylation sites is 2. The van der Waals surface area contributed by atoms with Crippen LogP contribution in [0.3, 0.4) is 0 Å². The third-order valence-corrected chi connectivity index (χ3v) is 3.83. The Morgan fingerprint density at radius 1 is 1.27 bits per heavy atom. The molecule has 1 aromatic carbocycles. The Morgan fingerprint density at radius 2 is 2.05 bits per heavy atom. The van der Waals surface area contributed by atoms with E-state index < -0.39 is 4.92 Å². The van der Waals surface area contributed by atoms with Crippen molar-refractivity contribution in [1.29, 1.82) is 0 Å². The van der Waals surface area contributed by atoms with E-state index in [4.69, 9.17) is 0 Å². The average molecular weight is 306 g/mol. The van der Waals surface area contributed by atoms with Crippen LogP contribution in [0.5, 0.6) is 0 Å². The highest BCUT2D eigenvalue weighted by atomic mass is 16.6. The second-order valence-electron chi connectivity index (χ2n) is 5.49. The van der Waals surface area contributed by atoms with Crippen LogP contribution in [0.25, 0.3) is 0 Å². The van der Waals surface area contributed by atoms with Crippen LogP contribution >= 0.6 is 0 Å². The van der Waals surface area contributed by atoms with Crippen LogP contribution in [0.2, 0.25) is 0 Å². The van der Waals surface area contributed by atoms with Crippen LogP contribution in [-0.2, 0) is 4.79 Å². The molecule has 22 heavy (non-hydrogen) atoms. The summed E-state index contributed by atoms with van der Waals surface area (Å²) in [5.41, 5.74) is 0.488. The Bertz CT molecular complexity index is 535. The number of carbonyl (C=O) groups excluding carboxylic acids is 1. The zero-order valence-electron chi connectivity index (χ0n) is 12.8. The molecule has 0 spiro atoms. The van der Waals surface area contributed by atoms with Crippen molar-refractivity contribution in [1.82, 2.24) is 9.80 Å². The van der Waals surface area contributed by atoms with Gasteiger partial charge in [0.15, 0.2) is 0 Å². The molecule has 0 atom stereocenters. The molecule has 1 saturated heterocycles. The number of nitrogens with zero attached hydrogens (tertiary/aromatic N) is 3. The normalized spacial score (nSPS) is 16.1. The van der Waals surface area contributed by atoms with Gasteiger partial charge in [-0.15, -0.1) is 0 Å². The zero-order chi connectivity index (χ0) is 15.9. The van der Waals surface area contributed by atoms with E-state index in [0.29, 0.717) is 18.7 Å². The first kappa shape index (κ1) is 16.2. The first-order valence-corrected chi connectivity index (χ1v) is 7.51. The van der Waals surface area contributed by atoms with Crippen molar-refractivity contribution in [3.05, 3.63) is 34.4 Å². The minimum absolute atomic E-state index is 0.0337. The Kier molecular flexibility index (Phi) is 5.71. The van der Waals surface area contributed by atoms with Crippen molar-refractivity contribution in [2.24, 2.45) is 0 Å². The lowest BCUT2D eigenvalue weighted by Gasteiger charge is -2.20. The van der Waals surface area contributed by atoms with E-state index in [1.54, 1.807) is 18.2 Å². The van der Waals surface area contributed by atoms with Crippen LogP contribution in [-0.4, -0.2) is 60.4 Å². The van der Waals surface area contributed by atoms with Gasteiger partial charge in [-0.1, -0.05) is 12.1 Å². The maximum Gasteiger partial charge on any atom is 0.292 e. The maximum atomic E-state index is 12.2. The number of hydrogen-bond donors (Lipinski definition) is 1. The SMILES string of the molecule is CN1CCCN(C(=O)CCNc2ccccc2[N+](=O)[O-])CC1. The summed E-state index contributed by atoms with van der Waals surface area (Å²) in [6, 6.07) is 6.47. The molecule has 0 unspecified atom stereocenters. The van der Waals surface area contributed by atoms with Gasteiger partial charge in [0.1, 0.15) is 5.69 Å². The van der Waals surface area contributed by atoms with Gasteiger partial charge < -0.3 is 15.1 Å². The van der Waals surface area contributed by atoms with Crippen molar-refractivity contribution in [2.75, 3.05) is 45.1 Å². The molecule has 2 rings (SSSR count). The fraction of sp³-hybridized carbons (Fsp3) is 0.533. The van der Waals surface area contributed by atoms with Crippen molar-refractivity contribution in [2.45, 2.75) is 12.8 Å². The fourth-order valence-corrected chi connectivity index (χ4v) is 2.54. The summed E-state index contributed by atoms with van der Waals surface area (Å²) in [6.45, 7) is 3.84. The molecule has 1 heterocycles. The lowest BCUT2D eigenvalue weighted by molar-refractivity contribution is -0.384. The third-order valence-electron chi connectivity index (χ3n) is 3.83. The molecule has 0 bridgehead atoms. The van der Waals surface area contributed by atoms with E-state index in [9.17, 15) is 14.9 Å². The summed E-state index contributed by atoms with van der Waals surface area (Å²) in [4.78, 5) is 26.8. The number of nitrogens with one attached hydrogen (secondary N) is 1. The average Bonchev–Trinajstić information content (AvgIpc) is 2.72. The first-order chi connectivity index (χ1) is 10.6. The molecule has 0 aromatic heterocycles. The predicted octanol–water partition coefficient (Wildman–Crippen LogP) is 1.56. The smallest absolute Gasteiger partial charge is 0.292 e. The minimum atomic E-state index is -0.422. The molecule has 1 aromatic rings. The van der Waals surface area contributed by atoms with E-state index in [1.165, 1.54) is 6.07 Å². The van der Waals surface area contributed by atoms with Crippen molar-refractivity contribution < 1.29 is 9.72 Å². The second-order valence-corrected chi connectivity index (χ2v) is 5.49. The number of nitro groups is 1. The van der Waals surface area contributed by atoms with Crippen LogP contribution in [0.15, 0.2) is 24.3 Å². The topological polar surface area (TPSA) is 78.7 Å². The van der Waals surface area contributed by atoms with Crippen LogP contribution in [0.1, 0.15) is 12.8 Å². The van der Waals surface area contributed by atoms with E-state index in [-0.39, 0.29) is 11.6 Å². The van der Waals surface area contributed by atoms with Gasteiger partial charge in [0.2, 0.25) is 5.91 Å². The lowest BCUT2D eigenvalue weighted by Crippen LogP contribution is -2.35. The molecule has 0 radical (unpaired) electrons. The summed E-state index contributed by atoms with van der Waals surface area (Å²) < 4.78 is 0. The summed E-state index contributed by atoms with van der Waals surface area (Å²) in [6.07, 6.45) is 1.33. The number of carbonyl (C=O) groups is 1. The van der Waals surface area contributed by atoms with Crippen molar-refractivity contribution in [3.63, 3.8) is 0 Å². The Morgan fingerprint density at radius 3 is 2.82 bits per heavy atom. The van der Waals surface area contributed by atoms with Gasteiger partial charge in [0.25, 0.3) is 5.69 Å². The first-order valence-electron chi connectivity index (χ1n) is 7.51. The molecule has 1 aliphatic rings. The standard InChI is InChI=1S/C15H22N4O3/c1-17-9-4-10-18(12-11-17)15(20)7-8-16-13-5-2-3-6-14(13)19(21)22/h2-3,5-6,16H,4,7-12H2,1H3. The highest BCUT2D eigenvalue weighted by molar-refractivity contribution is 5.77. The van der Waals surface area contributed by atoms with Gasteiger partial charge in [-0.2, -0.15) is 0 Å². The molecular weight excluding hydrogens is 284 g/mol. The lowest BCUT2D eigenvalue weighted by atomic mass is 10.2. The zero-order valence-corrected chi connectivity index (χ0v) is 12.8. The molecular formula is C15H22N4O3. The van der Waals surface area contributed by atoms with Crippen LogP contribution in [0.4, 0.5) is 11.4 Å². The number of anilines is 1. The van der Waals surface area contributed by atoms with E-state index in [2.05, 4.69) is 17.3 Å². The molecule has 7 nitrogen and oxygen atoms in total. The highest BCUT2D eigenvalue weighted by Gasteiger charge is 2.17. The summed E-state index contributed by atoms with van der Waals surface area (Å²) in [5, 5.41) is 13.9. The van der Waals surface area contributed by atoms with Crippen molar-refractivity contribution in [3.8, 4) is 0 Å². The van der Waals surface area contributed by atoms with Gasteiger partial charge in [0, 0.05) is 38.7 Å². The van der Waals surface area contributed by atoms with E-state index >= 15 is 0 Å². The molecule has 1 fully saturated rings. The largest absolute Gasteiger partial charge is 0.379 e. The number of amides is 1. The molecule has 1 aliphatic heterocycles. The number of benzene rings is 1. The molecule has 7 heteroatoms. The highest BCUT2D eigenvalue weighted by Crippen LogP contribution is 2.22. The predicted molar refractivity (Wildman–Crippen MR) is 84.9 cm³/mol. The van der Waals surface area contributed by atoms with Gasteiger partial charge in [-0.05, 0) is 26.1 Å². The number of hydrogen-bond acceptors (Lipinski definition) is 5. The molecule has 1 amide bonds. The van der Waals surface area contributed by atoms with E-state index in [1.807, 2.05) is 4.90 Å². The van der Waals surface area contributed by atoms with Crippen LogP contribution in [0, 0.1) is 10.1 Å². The Balaban J connectivity index is 1.83. The van der Waals surface area contributed by atoms with Gasteiger partial charge in [0.05, 0.1) is 4.92 Å². The molecule has 0 saturated carbocycles. The van der Waals surface area contributed by atoms with Crippen molar-refractivity contribution >= 4 is 17.3 Å². The minimum Gasteiger partial charge on any atom is -0.379 e. The van der Waals surface area contributed by atoms with Gasteiger partial charge in [-0.3, -0.25) is 14.9 Å². The van der Waals surface area contributed by atoms with Gasteiger partial charge >= 0.3 is 0 Å². The fourth-order valence-electron chi connectivity index (χ4n) is 2.54. The van der Waals surface area contributed by atoms with Gasteiger partial charge in [-0.25, -0.2) is 0 Å². The third kappa shape index (κ3) is 4.42. The number of likely N-dealkylation sites (N-methyl/N-ethyl adjacent to an activating group) is 1. The number of rotatable bonds is 5. The summed E-state index contributed by atoms with van der Waals surface area (Å²) in [5.74, 6) is 0.0985. The van der Waals surface area contributed by atoms with E-state index in [0.717, 1.165) is 32.6 Å². The monoisotopic (exact) mass is 306 g/mol. The summed E-state index contributed by atoms with van der Waals surface area (Å²) in [7, 11) is 2.06. The molecule has 1 N–H and O–H groups in total. The Labute approximate surface area is 130 Å². The number of nitro benzene ring substituents is 1. The quantitative estimate of drug-likeness (QED) is 0.660. The van der Waals surface area contributed by atoms with Crippen LogP contribution < -0.4 is 5.32 Å². The second kappa shape index (κ2) is 7.74. The Hall–Kier alpha value is -2.15. The molecule has 0 aliphatic carbocycles. The maximum absolute atomic E-state index is 12.2. The molecule has 120 valence electrons. The summed E-state index contributed by atoms with van der Waals surface area (Å²) >= 11 is 0.